The predicted molar refractivity (Wildman–Crippen MR) is 96.5 cm³/mol. The van der Waals surface area contributed by atoms with Crippen molar-refractivity contribution in [3.05, 3.63) is 47.8 Å². The number of hydrogen-bond acceptors (Lipinski definition) is 5. The van der Waals surface area contributed by atoms with Gasteiger partial charge in [0, 0.05) is 37.1 Å². The Kier molecular flexibility index (Phi) is 5.48. The minimum atomic E-state index is -0.0485. The van der Waals surface area contributed by atoms with Crippen molar-refractivity contribution < 1.29 is 9.53 Å². The monoisotopic (exact) mass is 340 g/mol. The van der Waals surface area contributed by atoms with E-state index in [4.69, 9.17) is 4.74 Å². The van der Waals surface area contributed by atoms with Gasteiger partial charge in [0.25, 0.3) is 0 Å². The summed E-state index contributed by atoms with van der Waals surface area (Å²) in [5.74, 6) is 1.53. The molecule has 1 aromatic carbocycles. The fraction of sp³-hybridized carbons (Fsp3) is 0.421. The van der Waals surface area contributed by atoms with Gasteiger partial charge in [-0.25, -0.2) is 9.97 Å². The molecule has 0 bridgehead atoms. The lowest BCUT2D eigenvalue weighted by molar-refractivity contribution is -0.125. The Labute approximate surface area is 148 Å². The van der Waals surface area contributed by atoms with Crippen LogP contribution in [0.25, 0.3) is 0 Å². The SMILES string of the molecule is COc1ccccc1CNC(=O)[C@H]1CCCN(c2nccc(C)n2)C1. The number of aromatic nitrogens is 2. The molecule has 0 unspecified atom stereocenters. The first kappa shape index (κ1) is 17.2. The lowest BCUT2D eigenvalue weighted by Crippen LogP contribution is -2.43. The van der Waals surface area contributed by atoms with Crippen molar-refractivity contribution >= 4 is 11.9 Å². The molecule has 2 heterocycles. The molecule has 1 fully saturated rings. The number of piperidine rings is 1. The average molecular weight is 340 g/mol. The third-order valence-corrected chi connectivity index (χ3v) is 4.50. The van der Waals surface area contributed by atoms with Gasteiger partial charge in [-0.05, 0) is 31.9 Å². The van der Waals surface area contributed by atoms with E-state index in [9.17, 15) is 4.79 Å². The molecule has 1 aliphatic rings. The number of ether oxygens (including phenoxy) is 1. The first-order valence-electron chi connectivity index (χ1n) is 8.61. The van der Waals surface area contributed by atoms with E-state index in [1.165, 1.54) is 0 Å². The summed E-state index contributed by atoms with van der Waals surface area (Å²) in [5, 5.41) is 3.04. The number of anilines is 1. The van der Waals surface area contributed by atoms with Crippen LogP contribution in [0, 0.1) is 12.8 Å². The Morgan fingerprint density at radius 2 is 2.20 bits per heavy atom. The molecule has 25 heavy (non-hydrogen) atoms. The first-order valence-corrected chi connectivity index (χ1v) is 8.61. The molecule has 1 aliphatic heterocycles. The fourth-order valence-electron chi connectivity index (χ4n) is 3.14. The van der Waals surface area contributed by atoms with E-state index >= 15 is 0 Å². The summed E-state index contributed by atoms with van der Waals surface area (Å²) < 4.78 is 5.33. The number of amides is 1. The zero-order valence-electron chi connectivity index (χ0n) is 14.7. The van der Waals surface area contributed by atoms with Crippen LogP contribution in [0.1, 0.15) is 24.1 Å². The van der Waals surface area contributed by atoms with Gasteiger partial charge in [-0.1, -0.05) is 18.2 Å². The maximum atomic E-state index is 12.6. The zero-order chi connectivity index (χ0) is 17.6. The van der Waals surface area contributed by atoms with Gasteiger partial charge < -0.3 is 15.0 Å². The highest BCUT2D eigenvalue weighted by molar-refractivity contribution is 5.79. The van der Waals surface area contributed by atoms with Crippen LogP contribution in [0.2, 0.25) is 0 Å². The van der Waals surface area contributed by atoms with Crippen LogP contribution in [-0.4, -0.2) is 36.1 Å². The normalized spacial score (nSPS) is 17.2. The molecular formula is C19H24N4O2. The van der Waals surface area contributed by atoms with Gasteiger partial charge in [-0.2, -0.15) is 0 Å². The van der Waals surface area contributed by atoms with Gasteiger partial charge >= 0.3 is 0 Å². The fourth-order valence-corrected chi connectivity index (χ4v) is 3.14. The van der Waals surface area contributed by atoms with E-state index in [1.54, 1.807) is 13.3 Å². The largest absolute Gasteiger partial charge is 0.496 e. The number of benzene rings is 1. The topological polar surface area (TPSA) is 67.3 Å². The molecule has 0 saturated carbocycles. The molecule has 1 saturated heterocycles. The molecule has 2 aromatic rings. The number of rotatable bonds is 5. The quantitative estimate of drug-likeness (QED) is 0.905. The van der Waals surface area contributed by atoms with Crippen LogP contribution < -0.4 is 15.0 Å². The smallest absolute Gasteiger partial charge is 0.225 e. The van der Waals surface area contributed by atoms with Crippen LogP contribution in [0.4, 0.5) is 5.95 Å². The van der Waals surface area contributed by atoms with Crippen LogP contribution in [-0.2, 0) is 11.3 Å². The summed E-state index contributed by atoms with van der Waals surface area (Å²) in [5.41, 5.74) is 1.92. The highest BCUT2D eigenvalue weighted by atomic mass is 16.5. The highest BCUT2D eigenvalue weighted by Crippen LogP contribution is 2.21. The van der Waals surface area contributed by atoms with Crippen LogP contribution in [0.5, 0.6) is 5.75 Å². The van der Waals surface area contributed by atoms with Crippen molar-refractivity contribution in [2.24, 2.45) is 5.92 Å². The van der Waals surface area contributed by atoms with Crippen LogP contribution >= 0.6 is 0 Å². The molecule has 1 N–H and O–H groups in total. The summed E-state index contributed by atoms with van der Waals surface area (Å²) in [6, 6.07) is 9.61. The first-order chi connectivity index (χ1) is 12.2. The van der Waals surface area contributed by atoms with E-state index < -0.39 is 0 Å². The maximum Gasteiger partial charge on any atom is 0.225 e. The summed E-state index contributed by atoms with van der Waals surface area (Å²) >= 11 is 0. The van der Waals surface area contributed by atoms with E-state index in [2.05, 4.69) is 20.2 Å². The Bertz CT molecular complexity index is 735. The summed E-state index contributed by atoms with van der Waals surface area (Å²) in [4.78, 5) is 23.5. The number of nitrogens with zero attached hydrogens (tertiary/aromatic N) is 3. The van der Waals surface area contributed by atoms with Gasteiger partial charge in [0.2, 0.25) is 11.9 Å². The second-order valence-electron chi connectivity index (χ2n) is 6.31. The third kappa shape index (κ3) is 4.26. The van der Waals surface area contributed by atoms with Gasteiger partial charge in [-0.3, -0.25) is 4.79 Å². The van der Waals surface area contributed by atoms with Gasteiger partial charge in [0.15, 0.2) is 0 Å². The van der Waals surface area contributed by atoms with E-state index in [1.807, 2.05) is 37.3 Å². The average Bonchev–Trinajstić information content (AvgIpc) is 2.66. The second-order valence-corrected chi connectivity index (χ2v) is 6.31. The van der Waals surface area contributed by atoms with Crippen molar-refractivity contribution in [2.75, 3.05) is 25.1 Å². The van der Waals surface area contributed by atoms with Crippen molar-refractivity contribution in [1.82, 2.24) is 15.3 Å². The minimum Gasteiger partial charge on any atom is -0.496 e. The Morgan fingerprint density at radius 1 is 1.36 bits per heavy atom. The Morgan fingerprint density at radius 3 is 3.00 bits per heavy atom. The molecule has 0 spiro atoms. The second kappa shape index (κ2) is 7.96. The number of para-hydroxylation sites is 1. The molecule has 3 rings (SSSR count). The number of nitrogens with one attached hydrogen (secondary N) is 1. The molecular weight excluding hydrogens is 316 g/mol. The molecule has 6 heteroatoms. The van der Waals surface area contributed by atoms with E-state index in [0.717, 1.165) is 36.4 Å². The highest BCUT2D eigenvalue weighted by Gasteiger charge is 2.27. The molecule has 1 atom stereocenters. The standard InChI is InChI=1S/C19H24N4O2/c1-14-9-10-20-19(22-14)23-11-5-7-16(13-23)18(24)21-12-15-6-3-4-8-17(15)25-2/h3-4,6,8-10,16H,5,7,11-13H2,1-2H3,(H,21,24)/t16-/m0/s1. The summed E-state index contributed by atoms with van der Waals surface area (Å²) in [6.07, 6.45) is 3.62. The number of aryl methyl sites for hydroxylation is 1. The lowest BCUT2D eigenvalue weighted by Gasteiger charge is -2.32. The number of carbonyl (C=O) groups is 1. The van der Waals surface area contributed by atoms with Crippen molar-refractivity contribution in [1.29, 1.82) is 0 Å². The number of methoxy groups -OCH3 is 1. The van der Waals surface area contributed by atoms with Crippen molar-refractivity contribution in [3.63, 3.8) is 0 Å². The van der Waals surface area contributed by atoms with E-state index in [-0.39, 0.29) is 11.8 Å². The third-order valence-electron chi connectivity index (χ3n) is 4.50. The predicted octanol–water partition coefficient (Wildman–Crippen LogP) is 2.33. The molecule has 0 radical (unpaired) electrons. The zero-order valence-corrected chi connectivity index (χ0v) is 14.7. The van der Waals surface area contributed by atoms with Crippen LogP contribution in [0.15, 0.2) is 36.5 Å². The lowest BCUT2D eigenvalue weighted by atomic mass is 9.97. The summed E-state index contributed by atoms with van der Waals surface area (Å²) in [6.45, 7) is 3.97. The molecule has 1 aromatic heterocycles. The molecule has 1 amide bonds. The summed E-state index contributed by atoms with van der Waals surface area (Å²) in [7, 11) is 1.64. The Hall–Kier alpha value is -2.63. The van der Waals surface area contributed by atoms with Gasteiger partial charge in [-0.15, -0.1) is 0 Å². The van der Waals surface area contributed by atoms with E-state index in [0.29, 0.717) is 19.0 Å². The molecule has 0 aliphatic carbocycles. The van der Waals surface area contributed by atoms with Gasteiger partial charge in [0.1, 0.15) is 5.75 Å². The van der Waals surface area contributed by atoms with Gasteiger partial charge in [0.05, 0.1) is 13.0 Å². The Balaban J connectivity index is 1.60. The number of hydrogen-bond donors (Lipinski definition) is 1. The maximum absolute atomic E-state index is 12.6. The minimum absolute atomic E-state index is 0.0485. The van der Waals surface area contributed by atoms with Crippen molar-refractivity contribution in [2.45, 2.75) is 26.3 Å². The molecule has 132 valence electrons. The molecule has 6 nitrogen and oxygen atoms in total. The number of carbonyl (C=O) groups excluding carboxylic acids is 1. The van der Waals surface area contributed by atoms with Crippen LogP contribution in [0.3, 0.4) is 0 Å². The van der Waals surface area contributed by atoms with Crippen molar-refractivity contribution in [3.8, 4) is 5.75 Å².